The first kappa shape index (κ1) is 13.6. The maximum atomic E-state index is 12.6. The second-order valence-electron chi connectivity index (χ2n) is 3.44. The fraction of sp³-hybridized carbons (Fsp3) is 0.333. The van der Waals surface area contributed by atoms with Crippen molar-refractivity contribution in [1.29, 1.82) is 0 Å². The number of alkyl halides is 3. The Kier molecular flexibility index (Phi) is 3.72. The zero-order valence-electron chi connectivity index (χ0n) is 8.20. The molecule has 2 atom stereocenters. The molecule has 0 saturated carbocycles. The number of benzene rings is 1. The Morgan fingerprint density at radius 3 is 2.06 bits per heavy atom. The van der Waals surface area contributed by atoms with Crippen LogP contribution in [0.25, 0.3) is 0 Å². The first-order valence-corrected chi connectivity index (χ1v) is 6.80. The molecule has 0 aliphatic heterocycles. The summed E-state index contributed by atoms with van der Waals surface area (Å²) < 4.78 is 49.2. The van der Waals surface area contributed by atoms with E-state index in [0.717, 1.165) is 12.1 Å². The van der Waals surface area contributed by atoms with E-state index in [-0.39, 0.29) is 10.6 Å². The molecular formula is C9H9ClF3O2P. The van der Waals surface area contributed by atoms with Gasteiger partial charge in [0.1, 0.15) is 0 Å². The van der Waals surface area contributed by atoms with Crippen LogP contribution in [0.1, 0.15) is 11.2 Å². The van der Waals surface area contributed by atoms with Crippen molar-refractivity contribution in [2.75, 3.05) is 6.66 Å². The van der Waals surface area contributed by atoms with E-state index in [1.807, 2.05) is 0 Å². The molecule has 1 rings (SSSR count). The van der Waals surface area contributed by atoms with E-state index in [4.69, 9.17) is 16.5 Å². The highest BCUT2D eigenvalue weighted by Crippen LogP contribution is 2.59. The van der Waals surface area contributed by atoms with Gasteiger partial charge in [-0.2, -0.15) is 13.2 Å². The SMILES string of the molecule is CP(=O)(O)C(c1ccc(Cl)cc1)C(F)(F)F. The average Bonchev–Trinajstić information content (AvgIpc) is 2.03. The molecule has 1 aromatic carbocycles. The topological polar surface area (TPSA) is 37.3 Å². The first-order valence-electron chi connectivity index (χ1n) is 4.24. The molecule has 1 aromatic rings. The molecule has 2 nitrogen and oxygen atoms in total. The summed E-state index contributed by atoms with van der Waals surface area (Å²) in [6, 6.07) is 4.72. The van der Waals surface area contributed by atoms with Crippen LogP contribution < -0.4 is 0 Å². The van der Waals surface area contributed by atoms with Crippen molar-refractivity contribution in [1.82, 2.24) is 0 Å². The van der Waals surface area contributed by atoms with Gasteiger partial charge in [-0.05, 0) is 17.7 Å². The summed E-state index contributed by atoms with van der Waals surface area (Å²) in [5.41, 5.74) is -2.62. The van der Waals surface area contributed by atoms with Crippen molar-refractivity contribution >= 4 is 19.0 Å². The number of hydrogen-bond donors (Lipinski definition) is 1. The van der Waals surface area contributed by atoms with Crippen LogP contribution in [0.3, 0.4) is 0 Å². The summed E-state index contributed by atoms with van der Waals surface area (Å²) in [5.74, 6) is 0. The summed E-state index contributed by atoms with van der Waals surface area (Å²) in [7, 11) is -4.30. The van der Waals surface area contributed by atoms with Gasteiger partial charge in [-0.3, -0.25) is 4.57 Å². The molecule has 0 aliphatic rings. The maximum Gasteiger partial charge on any atom is 0.404 e. The lowest BCUT2D eigenvalue weighted by atomic mass is 10.1. The van der Waals surface area contributed by atoms with Gasteiger partial charge in [0.15, 0.2) is 5.66 Å². The normalized spacial score (nSPS) is 17.9. The summed E-state index contributed by atoms with van der Waals surface area (Å²) in [6.45, 7) is 0.694. The van der Waals surface area contributed by atoms with Crippen LogP contribution in [0, 0.1) is 0 Å². The fourth-order valence-corrected chi connectivity index (χ4v) is 2.78. The van der Waals surface area contributed by atoms with Crippen molar-refractivity contribution < 1.29 is 22.6 Å². The van der Waals surface area contributed by atoms with Crippen LogP contribution in [0.15, 0.2) is 24.3 Å². The predicted octanol–water partition coefficient (Wildman–Crippen LogP) is 3.84. The minimum Gasteiger partial charge on any atom is -0.344 e. The fourth-order valence-electron chi connectivity index (χ4n) is 1.38. The molecule has 0 aliphatic carbocycles. The van der Waals surface area contributed by atoms with Crippen molar-refractivity contribution in [3.05, 3.63) is 34.9 Å². The summed E-state index contributed by atoms with van der Waals surface area (Å²) in [4.78, 5) is 9.14. The Hall–Kier alpha value is -0.510. The second kappa shape index (κ2) is 4.40. The van der Waals surface area contributed by atoms with Gasteiger partial charge >= 0.3 is 6.18 Å². The molecule has 0 heterocycles. The molecule has 0 bridgehead atoms. The van der Waals surface area contributed by atoms with E-state index in [2.05, 4.69) is 0 Å². The number of rotatable bonds is 2. The molecule has 1 N–H and O–H groups in total. The molecule has 0 amide bonds. The lowest BCUT2D eigenvalue weighted by molar-refractivity contribution is -0.133. The summed E-state index contributed by atoms with van der Waals surface area (Å²) >= 11 is 5.53. The standard InChI is InChI=1S/C9H9ClF3O2P/c1-16(14,15)8(9(11,12)13)6-2-4-7(10)5-3-6/h2-5,8H,1H3,(H,14,15). The third kappa shape index (κ3) is 3.24. The number of halogens is 4. The molecule has 7 heteroatoms. The summed E-state index contributed by atoms with van der Waals surface area (Å²) in [6.07, 6.45) is -4.76. The molecule has 90 valence electrons. The molecule has 0 aromatic heterocycles. The number of hydrogen-bond acceptors (Lipinski definition) is 1. The summed E-state index contributed by atoms with van der Waals surface area (Å²) in [5, 5.41) is 0.272. The monoisotopic (exact) mass is 272 g/mol. The largest absolute Gasteiger partial charge is 0.404 e. The highest BCUT2D eigenvalue weighted by atomic mass is 35.5. The molecule has 0 radical (unpaired) electrons. The van der Waals surface area contributed by atoms with Crippen molar-refractivity contribution in [3.63, 3.8) is 0 Å². The minimum absolute atomic E-state index is 0.259. The van der Waals surface area contributed by atoms with Gasteiger partial charge in [0.05, 0.1) is 0 Å². The predicted molar refractivity (Wildman–Crippen MR) is 56.0 cm³/mol. The van der Waals surface area contributed by atoms with Gasteiger partial charge in [0.25, 0.3) is 0 Å². The van der Waals surface area contributed by atoms with Crippen molar-refractivity contribution in [3.8, 4) is 0 Å². The van der Waals surface area contributed by atoms with Crippen molar-refractivity contribution in [2.24, 2.45) is 0 Å². The van der Waals surface area contributed by atoms with E-state index in [1.165, 1.54) is 12.1 Å². The van der Waals surface area contributed by atoms with Gasteiger partial charge in [-0.15, -0.1) is 0 Å². The van der Waals surface area contributed by atoms with Gasteiger partial charge in [0, 0.05) is 11.7 Å². The molecular weight excluding hydrogens is 264 g/mol. The lowest BCUT2D eigenvalue weighted by Crippen LogP contribution is -2.20. The van der Waals surface area contributed by atoms with Gasteiger partial charge in [-0.1, -0.05) is 23.7 Å². The minimum atomic E-state index is -4.76. The third-order valence-corrected chi connectivity index (χ3v) is 3.78. The highest BCUT2D eigenvalue weighted by molar-refractivity contribution is 7.57. The van der Waals surface area contributed by atoms with E-state index in [0.29, 0.717) is 6.66 Å². The van der Waals surface area contributed by atoms with Crippen LogP contribution in [0.2, 0.25) is 5.02 Å². The Balaban J connectivity index is 3.23. The molecule has 2 unspecified atom stereocenters. The first-order chi connectivity index (χ1) is 7.12. The molecule has 0 fully saturated rings. The highest BCUT2D eigenvalue weighted by Gasteiger charge is 2.49. The van der Waals surface area contributed by atoms with E-state index < -0.39 is 19.2 Å². The average molecular weight is 273 g/mol. The quantitative estimate of drug-likeness (QED) is 0.831. The Morgan fingerprint density at radius 2 is 1.75 bits per heavy atom. The van der Waals surface area contributed by atoms with Crippen LogP contribution in [0.5, 0.6) is 0 Å². The molecule has 0 saturated heterocycles. The molecule has 16 heavy (non-hydrogen) atoms. The van der Waals surface area contributed by atoms with Crippen LogP contribution in [-0.4, -0.2) is 17.7 Å². The Labute approximate surface area is 95.5 Å². The smallest absolute Gasteiger partial charge is 0.344 e. The Morgan fingerprint density at radius 1 is 1.31 bits per heavy atom. The van der Waals surface area contributed by atoms with E-state index in [1.54, 1.807) is 0 Å². The lowest BCUT2D eigenvalue weighted by Gasteiger charge is -2.23. The van der Waals surface area contributed by atoms with Crippen LogP contribution in [-0.2, 0) is 4.57 Å². The second-order valence-corrected chi connectivity index (χ2v) is 6.28. The van der Waals surface area contributed by atoms with E-state index in [9.17, 15) is 17.7 Å². The van der Waals surface area contributed by atoms with Crippen LogP contribution >= 0.6 is 19.0 Å². The zero-order valence-corrected chi connectivity index (χ0v) is 9.85. The van der Waals surface area contributed by atoms with Gasteiger partial charge < -0.3 is 4.89 Å². The van der Waals surface area contributed by atoms with Gasteiger partial charge in [0.2, 0.25) is 7.37 Å². The van der Waals surface area contributed by atoms with Gasteiger partial charge in [-0.25, -0.2) is 0 Å². The third-order valence-electron chi connectivity index (χ3n) is 1.97. The van der Waals surface area contributed by atoms with Crippen molar-refractivity contribution in [2.45, 2.75) is 11.8 Å². The maximum absolute atomic E-state index is 12.6. The van der Waals surface area contributed by atoms with Crippen LogP contribution in [0.4, 0.5) is 13.2 Å². The Bertz CT molecular complexity index is 410. The molecule has 0 spiro atoms. The van der Waals surface area contributed by atoms with E-state index >= 15 is 0 Å². The zero-order chi connectivity index (χ0) is 12.6.